The maximum atomic E-state index is 4.30. The minimum atomic E-state index is 0.686. The van der Waals surface area contributed by atoms with Gasteiger partial charge in [-0.15, -0.1) is 0 Å². The quantitative estimate of drug-likeness (QED) is 0.785. The summed E-state index contributed by atoms with van der Waals surface area (Å²) in [5, 5.41) is 0.686. The highest BCUT2D eigenvalue weighted by Crippen LogP contribution is 2.27. The van der Waals surface area contributed by atoms with E-state index in [2.05, 4.69) is 37.7 Å². The molecule has 1 atom stereocenters. The van der Waals surface area contributed by atoms with Crippen LogP contribution in [0.4, 0.5) is 5.82 Å². The van der Waals surface area contributed by atoms with Gasteiger partial charge in [0.2, 0.25) is 0 Å². The molecule has 0 bridgehead atoms. The Morgan fingerprint density at radius 2 is 2.50 bits per heavy atom. The van der Waals surface area contributed by atoms with E-state index in [1.807, 2.05) is 11.8 Å². The molecule has 14 heavy (non-hydrogen) atoms. The monoisotopic (exact) mass is 273 g/mol. The summed E-state index contributed by atoms with van der Waals surface area (Å²) < 4.78 is 0.985. The second-order valence-electron chi connectivity index (χ2n) is 3.32. The van der Waals surface area contributed by atoms with Crippen LogP contribution in [0.15, 0.2) is 17.0 Å². The molecular weight excluding hydrogens is 262 g/mol. The van der Waals surface area contributed by atoms with Crippen LogP contribution in [-0.2, 0) is 0 Å². The summed E-state index contributed by atoms with van der Waals surface area (Å²) in [7, 11) is 0. The predicted molar refractivity (Wildman–Crippen MR) is 63.9 cm³/mol. The molecule has 1 aromatic heterocycles. The Morgan fingerprint density at radius 3 is 3.21 bits per heavy atom. The Balaban J connectivity index is 2.18. The molecule has 76 valence electrons. The van der Waals surface area contributed by atoms with E-state index in [1.54, 1.807) is 12.5 Å². The molecule has 1 aliphatic rings. The second-order valence-corrected chi connectivity index (χ2v) is 5.72. The molecule has 1 unspecified atom stereocenters. The Morgan fingerprint density at radius 1 is 1.64 bits per heavy atom. The van der Waals surface area contributed by atoms with Gasteiger partial charge in [-0.05, 0) is 15.9 Å². The SMILES string of the molecule is CC1CN(c2ncncc2Br)CCS1. The number of halogens is 1. The van der Waals surface area contributed by atoms with E-state index in [0.29, 0.717) is 5.25 Å². The molecule has 1 fully saturated rings. The lowest BCUT2D eigenvalue weighted by molar-refractivity contribution is 0.765. The third-order valence-corrected chi connectivity index (χ3v) is 3.88. The molecular formula is C9H12BrN3S. The zero-order chi connectivity index (χ0) is 9.97. The van der Waals surface area contributed by atoms with Crippen LogP contribution in [-0.4, -0.2) is 34.1 Å². The van der Waals surface area contributed by atoms with Crippen LogP contribution in [0.2, 0.25) is 0 Å². The molecule has 2 rings (SSSR count). The van der Waals surface area contributed by atoms with E-state index in [9.17, 15) is 0 Å². The van der Waals surface area contributed by atoms with Crippen LogP contribution in [0, 0.1) is 0 Å². The van der Waals surface area contributed by atoms with Gasteiger partial charge in [-0.1, -0.05) is 6.92 Å². The van der Waals surface area contributed by atoms with E-state index in [1.165, 1.54) is 5.75 Å². The van der Waals surface area contributed by atoms with Gasteiger partial charge in [0, 0.05) is 30.3 Å². The molecule has 1 saturated heterocycles. The van der Waals surface area contributed by atoms with E-state index >= 15 is 0 Å². The van der Waals surface area contributed by atoms with Crippen molar-refractivity contribution in [3.8, 4) is 0 Å². The molecule has 1 aromatic rings. The molecule has 5 heteroatoms. The normalized spacial score (nSPS) is 22.4. The zero-order valence-corrected chi connectivity index (χ0v) is 10.4. The van der Waals surface area contributed by atoms with Gasteiger partial charge < -0.3 is 4.90 Å². The highest BCUT2D eigenvalue weighted by atomic mass is 79.9. The van der Waals surface area contributed by atoms with Gasteiger partial charge in [0.1, 0.15) is 12.1 Å². The van der Waals surface area contributed by atoms with Gasteiger partial charge in [0.05, 0.1) is 4.47 Å². The maximum Gasteiger partial charge on any atom is 0.146 e. The van der Waals surface area contributed by atoms with E-state index in [4.69, 9.17) is 0 Å². The van der Waals surface area contributed by atoms with Crippen LogP contribution in [0.5, 0.6) is 0 Å². The fourth-order valence-corrected chi connectivity index (χ4v) is 3.03. The Labute approximate surface area is 96.4 Å². The van der Waals surface area contributed by atoms with Crippen molar-refractivity contribution in [1.29, 1.82) is 0 Å². The molecule has 2 heterocycles. The summed E-state index contributed by atoms with van der Waals surface area (Å²) in [6.07, 6.45) is 3.40. The van der Waals surface area contributed by atoms with Gasteiger partial charge in [-0.25, -0.2) is 9.97 Å². The van der Waals surface area contributed by atoms with E-state index < -0.39 is 0 Å². The summed E-state index contributed by atoms with van der Waals surface area (Å²) in [5.41, 5.74) is 0. The van der Waals surface area contributed by atoms with Crippen LogP contribution in [0.1, 0.15) is 6.92 Å². The lowest BCUT2D eigenvalue weighted by Gasteiger charge is -2.31. The average molecular weight is 274 g/mol. The first kappa shape index (κ1) is 10.2. The topological polar surface area (TPSA) is 29.0 Å². The second kappa shape index (κ2) is 4.49. The number of thioether (sulfide) groups is 1. The van der Waals surface area contributed by atoms with Crippen LogP contribution >= 0.6 is 27.7 Å². The summed E-state index contributed by atoms with van der Waals surface area (Å²) in [5.74, 6) is 2.20. The fourth-order valence-electron chi connectivity index (χ4n) is 1.55. The third-order valence-electron chi connectivity index (χ3n) is 2.19. The zero-order valence-electron chi connectivity index (χ0n) is 7.98. The van der Waals surface area contributed by atoms with Crippen LogP contribution in [0.3, 0.4) is 0 Å². The average Bonchev–Trinajstić information content (AvgIpc) is 2.18. The summed E-state index contributed by atoms with van der Waals surface area (Å²) >= 11 is 5.50. The number of hydrogen-bond donors (Lipinski definition) is 0. The Kier molecular flexibility index (Phi) is 3.28. The number of hydrogen-bond acceptors (Lipinski definition) is 4. The molecule has 0 N–H and O–H groups in total. The number of rotatable bonds is 1. The van der Waals surface area contributed by atoms with Crippen molar-refractivity contribution in [2.24, 2.45) is 0 Å². The molecule has 0 saturated carbocycles. The summed E-state index contributed by atoms with van der Waals surface area (Å²) in [6, 6.07) is 0. The number of anilines is 1. The van der Waals surface area contributed by atoms with Crippen molar-refractivity contribution in [1.82, 2.24) is 9.97 Å². The molecule has 0 radical (unpaired) electrons. The highest BCUT2D eigenvalue weighted by molar-refractivity contribution is 9.10. The van der Waals surface area contributed by atoms with Crippen molar-refractivity contribution in [3.63, 3.8) is 0 Å². The lowest BCUT2D eigenvalue weighted by atomic mass is 10.3. The van der Waals surface area contributed by atoms with Crippen molar-refractivity contribution in [2.45, 2.75) is 12.2 Å². The van der Waals surface area contributed by atoms with Crippen LogP contribution < -0.4 is 4.90 Å². The third kappa shape index (κ3) is 2.20. The standard InChI is InChI=1S/C9H12BrN3S/c1-7-5-13(2-3-14-7)9-8(10)4-11-6-12-9/h4,6-7H,2-3,5H2,1H3. The highest BCUT2D eigenvalue weighted by Gasteiger charge is 2.19. The summed E-state index contributed by atoms with van der Waals surface area (Å²) in [4.78, 5) is 10.6. The van der Waals surface area contributed by atoms with Gasteiger partial charge >= 0.3 is 0 Å². The maximum absolute atomic E-state index is 4.30. The van der Waals surface area contributed by atoms with Gasteiger partial charge in [-0.3, -0.25) is 0 Å². The van der Waals surface area contributed by atoms with Gasteiger partial charge in [-0.2, -0.15) is 11.8 Å². The van der Waals surface area contributed by atoms with Crippen molar-refractivity contribution < 1.29 is 0 Å². The van der Waals surface area contributed by atoms with Gasteiger partial charge in [0.25, 0.3) is 0 Å². The molecule has 1 aliphatic heterocycles. The van der Waals surface area contributed by atoms with Gasteiger partial charge in [0.15, 0.2) is 0 Å². The first-order valence-corrected chi connectivity index (χ1v) is 6.43. The first-order chi connectivity index (χ1) is 6.77. The molecule has 0 spiro atoms. The summed E-state index contributed by atoms with van der Waals surface area (Å²) in [6.45, 7) is 4.40. The molecule has 0 amide bonds. The lowest BCUT2D eigenvalue weighted by Crippen LogP contribution is -2.37. The van der Waals surface area contributed by atoms with Crippen molar-refractivity contribution in [3.05, 3.63) is 17.0 Å². The number of nitrogens with zero attached hydrogens (tertiary/aromatic N) is 3. The van der Waals surface area contributed by atoms with Crippen molar-refractivity contribution >= 4 is 33.5 Å². The van der Waals surface area contributed by atoms with E-state index in [-0.39, 0.29) is 0 Å². The Hall–Kier alpha value is -0.290. The largest absolute Gasteiger partial charge is 0.354 e. The molecule has 3 nitrogen and oxygen atoms in total. The minimum Gasteiger partial charge on any atom is -0.354 e. The fraction of sp³-hybridized carbons (Fsp3) is 0.556. The minimum absolute atomic E-state index is 0.686. The first-order valence-electron chi connectivity index (χ1n) is 4.59. The van der Waals surface area contributed by atoms with Crippen LogP contribution in [0.25, 0.3) is 0 Å². The van der Waals surface area contributed by atoms with Crippen molar-refractivity contribution in [2.75, 3.05) is 23.7 Å². The smallest absolute Gasteiger partial charge is 0.146 e. The number of aromatic nitrogens is 2. The Bertz CT molecular complexity index is 321. The molecule has 0 aliphatic carbocycles. The predicted octanol–water partition coefficient (Wildman–Crippen LogP) is 2.18. The van der Waals surface area contributed by atoms with E-state index in [0.717, 1.165) is 23.4 Å². The molecule has 0 aromatic carbocycles.